The van der Waals surface area contributed by atoms with Crippen LogP contribution in [0.3, 0.4) is 0 Å². The van der Waals surface area contributed by atoms with E-state index < -0.39 is 0 Å². The SMILES string of the molecule is COc1ccc(Cc2nnc(SCC(=O)N3CCCCC3)n2N)cc1. The number of methoxy groups -OCH3 is 1. The third-order valence-corrected chi connectivity index (χ3v) is 5.22. The summed E-state index contributed by atoms with van der Waals surface area (Å²) in [5.41, 5.74) is 1.07. The number of aromatic nitrogens is 3. The second-order valence-corrected chi connectivity index (χ2v) is 6.97. The highest BCUT2D eigenvalue weighted by molar-refractivity contribution is 7.99. The van der Waals surface area contributed by atoms with Crippen LogP contribution < -0.4 is 10.6 Å². The lowest BCUT2D eigenvalue weighted by Gasteiger charge is -2.26. The van der Waals surface area contributed by atoms with Gasteiger partial charge < -0.3 is 15.5 Å². The molecular weight excluding hydrogens is 338 g/mol. The van der Waals surface area contributed by atoms with Crippen LogP contribution in [0, 0.1) is 0 Å². The maximum absolute atomic E-state index is 12.2. The standard InChI is InChI=1S/C17H23N5O2S/c1-24-14-7-5-13(6-8-14)11-15-19-20-17(22(15)18)25-12-16(23)21-9-3-2-4-10-21/h5-8H,2-4,9-12,18H2,1H3. The molecule has 2 aromatic rings. The summed E-state index contributed by atoms with van der Waals surface area (Å²) in [6.07, 6.45) is 3.97. The second kappa shape index (κ2) is 8.24. The predicted molar refractivity (Wildman–Crippen MR) is 97.1 cm³/mol. The summed E-state index contributed by atoms with van der Waals surface area (Å²) in [6.45, 7) is 1.72. The third kappa shape index (κ3) is 4.45. The number of piperidine rings is 1. The highest BCUT2D eigenvalue weighted by Gasteiger charge is 2.18. The number of thioether (sulfide) groups is 1. The fraction of sp³-hybridized carbons (Fsp3) is 0.471. The molecule has 2 heterocycles. The molecule has 8 heteroatoms. The first-order valence-corrected chi connectivity index (χ1v) is 9.39. The van der Waals surface area contributed by atoms with Crippen molar-refractivity contribution in [2.24, 2.45) is 0 Å². The van der Waals surface area contributed by atoms with Gasteiger partial charge in [-0.1, -0.05) is 23.9 Å². The number of hydrogen-bond donors (Lipinski definition) is 1. The number of ether oxygens (including phenoxy) is 1. The van der Waals surface area contributed by atoms with Crippen molar-refractivity contribution >= 4 is 17.7 Å². The molecule has 0 aliphatic carbocycles. The first kappa shape index (κ1) is 17.6. The number of rotatable bonds is 6. The van der Waals surface area contributed by atoms with Gasteiger partial charge in [0.1, 0.15) is 5.75 Å². The lowest BCUT2D eigenvalue weighted by molar-refractivity contribution is -0.129. The van der Waals surface area contributed by atoms with Crippen molar-refractivity contribution in [2.75, 3.05) is 31.8 Å². The number of nitrogens with two attached hydrogens (primary N) is 1. The summed E-state index contributed by atoms with van der Waals surface area (Å²) in [6, 6.07) is 7.75. The van der Waals surface area contributed by atoms with Crippen LogP contribution in [0.4, 0.5) is 0 Å². The molecule has 2 N–H and O–H groups in total. The molecule has 0 saturated carbocycles. The van der Waals surface area contributed by atoms with Crippen molar-refractivity contribution < 1.29 is 9.53 Å². The predicted octanol–water partition coefficient (Wildman–Crippen LogP) is 1.70. The summed E-state index contributed by atoms with van der Waals surface area (Å²) in [5, 5.41) is 8.84. The van der Waals surface area contributed by atoms with Gasteiger partial charge in [-0.15, -0.1) is 10.2 Å². The molecule has 25 heavy (non-hydrogen) atoms. The van der Waals surface area contributed by atoms with E-state index in [4.69, 9.17) is 10.6 Å². The molecule has 0 spiro atoms. The van der Waals surface area contributed by atoms with E-state index >= 15 is 0 Å². The van der Waals surface area contributed by atoms with Crippen LogP contribution >= 0.6 is 11.8 Å². The van der Waals surface area contributed by atoms with Gasteiger partial charge in [0.2, 0.25) is 11.1 Å². The maximum Gasteiger partial charge on any atom is 0.233 e. The highest BCUT2D eigenvalue weighted by atomic mass is 32.2. The summed E-state index contributed by atoms with van der Waals surface area (Å²) in [4.78, 5) is 14.2. The van der Waals surface area contributed by atoms with E-state index in [0.717, 1.165) is 37.2 Å². The van der Waals surface area contributed by atoms with Crippen LogP contribution in [0.5, 0.6) is 5.75 Å². The Morgan fingerprint density at radius 1 is 1.20 bits per heavy atom. The minimum atomic E-state index is 0.143. The number of carbonyl (C=O) groups excluding carboxylic acids is 1. The average molecular weight is 361 g/mol. The Morgan fingerprint density at radius 2 is 1.92 bits per heavy atom. The molecule has 1 aliphatic rings. The number of likely N-dealkylation sites (tertiary alicyclic amines) is 1. The molecule has 1 fully saturated rings. The quantitative estimate of drug-likeness (QED) is 0.622. The van der Waals surface area contributed by atoms with E-state index in [1.54, 1.807) is 7.11 Å². The zero-order chi connectivity index (χ0) is 17.6. The molecule has 0 bridgehead atoms. The fourth-order valence-corrected chi connectivity index (χ4v) is 3.59. The normalized spacial score (nSPS) is 14.5. The first-order valence-electron chi connectivity index (χ1n) is 8.40. The number of hydrogen-bond acceptors (Lipinski definition) is 6. The number of amides is 1. The smallest absolute Gasteiger partial charge is 0.233 e. The Morgan fingerprint density at radius 3 is 2.60 bits per heavy atom. The minimum absolute atomic E-state index is 0.143. The largest absolute Gasteiger partial charge is 0.497 e. The molecule has 0 radical (unpaired) electrons. The zero-order valence-electron chi connectivity index (χ0n) is 14.4. The Balaban J connectivity index is 1.57. The summed E-state index contributed by atoms with van der Waals surface area (Å²) in [7, 11) is 1.64. The Hall–Kier alpha value is -2.22. The zero-order valence-corrected chi connectivity index (χ0v) is 15.2. The lowest BCUT2D eigenvalue weighted by atomic mass is 10.1. The number of carbonyl (C=O) groups is 1. The van der Waals surface area contributed by atoms with Crippen molar-refractivity contribution in [3.63, 3.8) is 0 Å². The Kier molecular flexibility index (Phi) is 5.80. The highest BCUT2D eigenvalue weighted by Crippen LogP contribution is 2.19. The number of benzene rings is 1. The maximum atomic E-state index is 12.2. The average Bonchev–Trinajstić information content (AvgIpc) is 3.01. The van der Waals surface area contributed by atoms with E-state index in [1.165, 1.54) is 22.9 Å². The van der Waals surface area contributed by atoms with Gasteiger partial charge in [0.05, 0.1) is 12.9 Å². The van der Waals surface area contributed by atoms with Crippen molar-refractivity contribution in [2.45, 2.75) is 30.8 Å². The molecule has 1 aromatic carbocycles. The molecule has 1 amide bonds. The van der Waals surface area contributed by atoms with E-state index in [-0.39, 0.29) is 5.91 Å². The second-order valence-electron chi connectivity index (χ2n) is 6.02. The van der Waals surface area contributed by atoms with Crippen LogP contribution in [-0.4, -0.2) is 51.6 Å². The van der Waals surface area contributed by atoms with Crippen molar-refractivity contribution in [3.05, 3.63) is 35.7 Å². The van der Waals surface area contributed by atoms with Crippen LogP contribution in [0.15, 0.2) is 29.4 Å². The Labute approximate surface area is 151 Å². The van der Waals surface area contributed by atoms with Gasteiger partial charge in [0, 0.05) is 19.5 Å². The van der Waals surface area contributed by atoms with Gasteiger partial charge in [0.25, 0.3) is 0 Å². The van der Waals surface area contributed by atoms with Gasteiger partial charge in [-0.3, -0.25) is 4.79 Å². The molecule has 1 aliphatic heterocycles. The summed E-state index contributed by atoms with van der Waals surface area (Å²) in [5.74, 6) is 8.06. The molecule has 3 rings (SSSR count). The van der Waals surface area contributed by atoms with Crippen LogP contribution in [-0.2, 0) is 11.2 Å². The molecule has 1 aromatic heterocycles. The van der Waals surface area contributed by atoms with Gasteiger partial charge in [-0.05, 0) is 37.0 Å². The van der Waals surface area contributed by atoms with Crippen LogP contribution in [0.2, 0.25) is 0 Å². The van der Waals surface area contributed by atoms with Gasteiger partial charge >= 0.3 is 0 Å². The van der Waals surface area contributed by atoms with E-state index in [9.17, 15) is 4.79 Å². The number of nitrogen functional groups attached to an aromatic ring is 1. The van der Waals surface area contributed by atoms with Gasteiger partial charge in [-0.25, -0.2) is 4.68 Å². The molecule has 0 unspecified atom stereocenters. The van der Waals surface area contributed by atoms with Crippen molar-refractivity contribution in [1.29, 1.82) is 0 Å². The molecule has 1 saturated heterocycles. The summed E-state index contributed by atoms with van der Waals surface area (Å²) < 4.78 is 6.63. The Bertz CT molecular complexity index is 710. The van der Waals surface area contributed by atoms with E-state index in [1.807, 2.05) is 29.2 Å². The van der Waals surface area contributed by atoms with Crippen molar-refractivity contribution in [3.8, 4) is 5.75 Å². The van der Waals surface area contributed by atoms with Crippen LogP contribution in [0.25, 0.3) is 0 Å². The fourth-order valence-electron chi connectivity index (χ4n) is 2.81. The summed E-state index contributed by atoms with van der Waals surface area (Å²) >= 11 is 1.34. The number of nitrogens with zero attached hydrogens (tertiary/aromatic N) is 4. The van der Waals surface area contributed by atoms with E-state index in [0.29, 0.717) is 23.2 Å². The molecular formula is C17H23N5O2S. The third-order valence-electron chi connectivity index (χ3n) is 4.29. The van der Waals surface area contributed by atoms with Crippen molar-refractivity contribution in [1.82, 2.24) is 19.8 Å². The van der Waals surface area contributed by atoms with E-state index in [2.05, 4.69) is 10.2 Å². The van der Waals surface area contributed by atoms with Gasteiger partial charge in [0.15, 0.2) is 5.82 Å². The lowest BCUT2D eigenvalue weighted by Crippen LogP contribution is -2.36. The van der Waals surface area contributed by atoms with Crippen LogP contribution in [0.1, 0.15) is 30.7 Å². The first-order chi connectivity index (χ1) is 12.2. The molecule has 0 atom stereocenters. The topological polar surface area (TPSA) is 86.3 Å². The molecule has 134 valence electrons. The molecule has 7 nitrogen and oxygen atoms in total. The minimum Gasteiger partial charge on any atom is -0.497 e. The monoisotopic (exact) mass is 361 g/mol. The van der Waals surface area contributed by atoms with Gasteiger partial charge in [-0.2, -0.15) is 0 Å².